The molecule has 5 heteroatoms. The molecule has 5 nitrogen and oxygen atoms in total. The number of carbonyl (C=O) groups excluding carboxylic acids is 1. The van der Waals surface area contributed by atoms with Crippen molar-refractivity contribution in [2.75, 3.05) is 19.0 Å². The average molecular weight is 375 g/mol. The molecule has 0 aliphatic rings. The van der Waals surface area contributed by atoms with Gasteiger partial charge in [-0.1, -0.05) is 48.5 Å². The zero-order chi connectivity index (χ0) is 19.6. The van der Waals surface area contributed by atoms with Gasteiger partial charge in [-0.3, -0.25) is 4.79 Å². The predicted octanol–water partition coefficient (Wildman–Crippen LogP) is 4.06. The number of pyridine rings is 1. The van der Waals surface area contributed by atoms with Crippen molar-refractivity contribution >= 4 is 11.6 Å². The third kappa shape index (κ3) is 5.58. The van der Waals surface area contributed by atoms with Crippen LogP contribution in [0.2, 0.25) is 0 Å². The van der Waals surface area contributed by atoms with Crippen molar-refractivity contribution in [2.24, 2.45) is 0 Å². The Morgan fingerprint density at radius 2 is 1.79 bits per heavy atom. The standard InChI is InChI=1S/C23H25N3O2/c1-28-22-12-6-5-11-19(22)16-26-23(27)21-14-13-20(17-25-21)24-15-7-10-18-8-3-2-4-9-18/h2-6,8-9,11-14,17,24H,7,10,15-16H2,1H3,(H,26,27). The number of aromatic nitrogens is 1. The first-order chi connectivity index (χ1) is 13.8. The van der Waals surface area contributed by atoms with Gasteiger partial charge < -0.3 is 15.4 Å². The summed E-state index contributed by atoms with van der Waals surface area (Å²) < 4.78 is 5.30. The largest absolute Gasteiger partial charge is 0.496 e. The van der Waals surface area contributed by atoms with E-state index < -0.39 is 0 Å². The Balaban J connectivity index is 1.45. The molecule has 0 fully saturated rings. The van der Waals surface area contributed by atoms with Crippen LogP contribution in [0.1, 0.15) is 28.0 Å². The molecule has 0 saturated carbocycles. The maximum absolute atomic E-state index is 12.3. The molecular formula is C23H25N3O2. The number of nitrogens with zero attached hydrogens (tertiary/aromatic N) is 1. The van der Waals surface area contributed by atoms with Crippen LogP contribution in [0.4, 0.5) is 5.69 Å². The lowest BCUT2D eigenvalue weighted by atomic mass is 10.1. The van der Waals surface area contributed by atoms with E-state index >= 15 is 0 Å². The first-order valence-corrected chi connectivity index (χ1v) is 9.40. The molecule has 0 aliphatic heterocycles. The van der Waals surface area contributed by atoms with Crippen molar-refractivity contribution in [2.45, 2.75) is 19.4 Å². The van der Waals surface area contributed by atoms with Crippen LogP contribution in [0.15, 0.2) is 72.9 Å². The minimum Gasteiger partial charge on any atom is -0.496 e. The number of benzene rings is 2. The Bertz CT molecular complexity index is 880. The molecule has 0 spiro atoms. The van der Waals surface area contributed by atoms with Gasteiger partial charge in [-0.15, -0.1) is 0 Å². The SMILES string of the molecule is COc1ccccc1CNC(=O)c1ccc(NCCCc2ccccc2)cn1. The molecule has 0 atom stereocenters. The number of anilines is 1. The van der Waals surface area contributed by atoms with Gasteiger partial charge >= 0.3 is 0 Å². The van der Waals surface area contributed by atoms with Gasteiger partial charge in [-0.05, 0) is 36.6 Å². The average Bonchev–Trinajstić information content (AvgIpc) is 2.76. The highest BCUT2D eigenvalue weighted by Gasteiger charge is 2.08. The highest BCUT2D eigenvalue weighted by Crippen LogP contribution is 2.17. The number of rotatable bonds is 9. The van der Waals surface area contributed by atoms with Gasteiger partial charge in [0.05, 0.1) is 19.0 Å². The molecule has 0 unspecified atom stereocenters. The summed E-state index contributed by atoms with van der Waals surface area (Å²) in [7, 11) is 1.62. The van der Waals surface area contributed by atoms with E-state index in [9.17, 15) is 4.79 Å². The van der Waals surface area contributed by atoms with E-state index in [-0.39, 0.29) is 5.91 Å². The van der Waals surface area contributed by atoms with Gasteiger partial charge in [-0.2, -0.15) is 0 Å². The van der Waals surface area contributed by atoms with Gasteiger partial charge in [-0.25, -0.2) is 4.98 Å². The predicted molar refractivity (Wildman–Crippen MR) is 112 cm³/mol. The van der Waals surface area contributed by atoms with Crippen LogP contribution in [0.25, 0.3) is 0 Å². The molecular weight excluding hydrogens is 350 g/mol. The Kier molecular flexibility index (Phi) is 7.01. The van der Waals surface area contributed by atoms with E-state index in [1.165, 1.54) is 5.56 Å². The van der Waals surface area contributed by atoms with E-state index in [1.807, 2.05) is 36.4 Å². The lowest BCUT2D eigenvalue weighted by Gasteiger charge is -2.10. The molecule has 0 saturated heterocycles. The van der Waals surface area contributed by atoms with Crippen LogP contribution < -0.4 is 15.4 Å². The molecule has 2 aromatic carbocycles. The minimum absolute atomic E-state index is 0.207. The lowest BCUT2D eigenvalue weighted by Crippen LogP contribution is -2.24. The summed E-state index contributed by atoms with van der Waals surface area (Å²) in [6, 6.07) is 21.7. The summed E-state index contributed by atoms with van der Waals surface area (Å²) in [6.45, 7) is 1.25. The quantitative estimate of drug-likeness (QED) is 0.554. The number of ether oxygens (including phenoxy) is 1. The minimum atomic E-state index is -0.207. The van der Waals surface area contributed by atoms with E-state index in [0.29, 0.717) is 12.2 Å². The number of aryl methyl sites for hydroxylation is 1. The third-order valence-electron chi connectivity index (χ3n) is 4.44. The number of carbonyl (C=O) groups is 1. The highest BCUT2D eigenvalue weighted by molar-refractivity contribution is 5.92. The number of hydrogen-bond donors (Lipinski definition) is 2. The third-order valence-corrected chi connectivity index (χ3v) is 4.44. The molecule has 0 bridgehead atoms. The summed E-state index contributed by atoms with van der Waals surface area (Å²) >= 11 is 0. The van der Waals surface area contributed by atoms with Gasteiger partial charge in [0.1, 0.15) is 11.4 Å². The zero-order valence-electron chi connectivity index (χ0n) is 16.0. The number of hydrogen-bond acceptors (Lipinski definition) is 4. The number of amides is 1. The summed E-state index contributed by atoms with van der Waals surface area (Å²) in [4.78, 5) is 16.6. The van der Waals surface area contributed by atoms with Crippen molar-refractivity contribution in [3.8, 4) is 5.75 Å². The fraction of sp³-hybridized carbons (Fsp3) is 0.217. The van der Waals surface area contributed by atoms with Gasteiger partial charge in [0.25, 0.3) is 5.91 Å². The number of methoxy groups -OCH3 is 1. The van der Waals surface area contributed by atoms with Crippen LogP contribution in [0.3, 0.4) is 0 Å². The molecule has 2 N–H and O–H groups in total. The van der Waals surface area contributed by atoms with Gasteiger partial charge in [0.2, 0.25) is 0 Å². The van der Waals surface area contributed by atoms with Gasteiger partial charge in [0, 0.05) is 18.7 Å². The highest BCUT2D eigenvalue weighted by atomic mass is 16.5. The number of para-hydroxylation sites is 1. The second-order valence-corrected chi connectivity index (χ2v) is 6.44. The Morgan fingerprint density at radius 3 is 2.54 bits per heavy atom. The molecule has 0 radical (unpaired) electrons. The monoisotopic (exact) mass is 375 g/mol. The lowest BCUT2D eigenvalue weighted by molar-refractivity contribution is 0.0945. The summed E-state index contributed by atoms with van der Waals surface area (Å²) in [5.41, 5.74) is 3.57. The van der Waals surface area contributed by atoms with Crippen LogP contribution in [-0.4, -0.2) is 24.5 Å². The summed E-state index contributed by atoms with van der Waals surface area (Å²) in [5, 5.41) is 6.22. The molecule has 0 aliphatic carbocycles. The van der Waals surface area contributed by atoms with E-state index in [1.54, 1.807) is 19.4 Å². The van der Waals surface area contributed by atoms with Crippen molar-refractivity contribution in [1.82, 2.24) is 10.3 Å². The number of nitrogens with one attached hydrogen (secondary N) is 2. The molecule has 144 valence electrons. The van der Waals surface area contributed by atoms with Crippen molar-refractivity contribution < 1.29 is 9.53 Å². The second kappa shape index (κ2) is 10.1. The smallest absolute Gasteiger partial charge is 0.270 e. The molecule has 1 amide bonds. The normalized spacial score (nSPS) is 10.3. The second-order valence-electron chi connectivity index (χ2n) is 6.44. The maximum atomic E-state index is 12.3. The van der Waals surface area contributed by atoms with Crippen LogP contribution in [0, 0.1) is 0 Å². The van der Waals surface area contributed by atoms with E-state index in [0.717, 1.165) is 36.4 Å². The fourth-order valence-electron chi connectivity index (χ4n) is 2.92. The molecule has 3 aromatic rings. The molecule has 1 aromatic heterocycles. The molecule has 1 heterocycles. The fourth-order valence-corrected chi connectivity index (χ4v) is 2.92. The Morgan fingerprint density at radius 1 is 1.00 bits per heavy atom. The van der Waals surface area contributed by atoms with Crippen LogP contribution >= 0.6 is 0 Å². The Hall–Kier alpha value is -3.34. The van der Waals surface area contributed by atoms with E-state index in [4.69, 9.17) is 4.74 Å². The van der Waals surface area contributed by atoms with E-state index in [2.05, 4.69) is 39.9 Å². The van der Waals surface area contributed by atoms with Crippen LogP contribution in [-0.2, 0) is 13.0 Å². The maximum Gasteiger partial charge on any atom is 0.270 e. The molecule has 28 heavy (non-hydrogen) atoms. The van der Waals surface area contributed by atoms with Crippen molar-refractivity contribution in [1.29, 1.82) is 0 Å². The Labute approximate surface area is 165 Å². The zero-order valence-corrected chi connectivity index (χ0v) is 16.0. The topological polar surface area (TPSA) is 63.2 Å². The van der Waals surface area contributed by atoms with Crippen LogP contribution in [0.5, 0.6) is 5.75 Å². The summed E-state index contributed by atoms with van der Waals surface area (Å²) in [5.74, 6) is 0.548. The van der Waals surface area contributed by atoms with Crippen molar-refractivity contribution in [3.05, 3.63) is 89.7 Å². The first-order valence-electron chi connectivity index (χ1n) is 9.40. The van der Waals surface area contributed by atoms with Gasteiger partial charge in [0.15, 0.2) is 0 Å². The molecule has 3 rings (SSSR count). The summed E-state index contributed by atoms with van der Waals surface area (Å²) in [6.07, 6.45) is 3.76. The first kappa shape index (κ1) is 19.4. The van der Waals surface area contributed by atoms with Crippen molar-refractivity contribution in [3.63, 3.8) is 0 Å².